The van der Waals surface area contributed by atoms with E-state index in [1.807, 2.05) is 24.1 Å². The molecule has 2 aromatic heterocycles. The van der Waals surface area contributed by atoms with Crippen LogP contribution in [0.5, 0.6) is 0 Å². The van der Waals surface area contributed by atoms with Gasteiger partial charge in [-0.25, -0.2) is 4.98 Å². The zero-order valence-corrected chi connectivity index (χ0v) is 10.6. The second-order valence-electron chi connectivity index (χ2n) is 3.67. The second kappa shape index (κ2) is 4.76. The first-order valence-electron chi connectivity index (χ1n) is 5.40. The van der Waals surface area contributed by atoms with E-state index < -0.39 is 0 Å². The third-order valence-corrected chi connectivity index (χ3v) is 3.51. The second-order valence-corrected chi connectivity index (χ2v) is 4.53. The van der Waals surface area contributed by atoms with Gasteiger partial charge in [-0.1, -0.05) is 0 Å². The zero-order valence-electron chi connectivity index (χ0n) is 9.77. The fraction of sp³-hybridized carbons (Fsp3) is 0.455. The van der Waals surface area contributed by atoms with Crippen LogP contribution in [0.25, 0.3) is 10.6 Å². The first-order valence-corrected chi connectivity index (χ1v) is 6.28. The van der Waals surface area contributed by atoms with Gasteiger partial charge in [0.1, 0.15) is 5.01 Å². The quantitative estimate of drug-likeness (QED) is 0.885. The Morgan fingerprint density at radius 2 is 2.38 bits per heavy atom. The lowest BCUT2D eigenvalue weighted by molar-refractivity contribution is 0.637. The van der Waals surface area contributed by atoms with Crippen molar-refractivity contribution in [2.75, 3.05) is 7.05 Å². The first kappa shape index (κ1) is 11.3. The van der Waals surface area contributed by atoms with Crippen LogP contribution in [0.3, 0.4) is 0 Å². The van der Waals surface area contributed by atoms with Crippen molar-refractivity contribution in [3.05, 3.63) is 23.5 Å². The van der Waals surface area contributed by atoms with E-state index in [4.69, 9.17) is 0 Å². The van der Waals surface area contributed by atoms with Crippen LogP contribution in [0.4, 0.5) is 0 Å². The van der Waals surface area contributed by atoms with E-state index in [9.17, 15) is 0 Å². The number of nitrogens with one attached hydrogen (secondary N) is 1. The average Bonchev–Trinajstić information content (AvgIpc) is 2.95. The summed E-state index contributed by atoms with van der Waals surface area (Å²) in [6, 6.07) is 0.297. The molecule has 1 N–H and O–H groups in total. The highest BCUT2D eigenvalue weighted by Gasteiger charge is 2.10. The van der Waals surface area contributed by atoms with Gasteiger partial charge in [0.25, 0.3) is 0 Å². The van der Waals surface area contributed by atoms with Crippen molar-refractivity contribution in [1.29, 1.82) is 0 Å². The van der Waals surface area contributed by atoms with Gasteiger partial charge in [0.15, 0.2) is 0 Å². The van der Waals surface area contributed by atoms with E-state index in [0.717, 1.165) is 22.8 Å². The minimum atomic E-state index is 0.297. The van der Waals surface area contributed by atoms with E-state index >= 15 is 0 Å². The van der Waals surface area contributed by atoms with E-state index in [1.165, 1.54) is 0 Å². The van der Waals surface area contributed by atoms with E-state index in [1.54, 1.807) is 11.3 Å². The normalized spacial score (nSPS) is 12.9. The predicted molar refractivity (Wildman–Crippen MR) is 66.5 cm³/mol. The molecule has 0 aliphatic heterocycles. The molecule has 0 saturated carbocycles. The van der Waals surface area contributed by atoms with Crippen molar-refractivity contribution in [2.45, 2.75) is 26.4 Å². The molecule has 0 aromatic carbocycles. The molecule has 1 unspecified atom stereocenters. The van der Waals surface area contributed by atoms with E-state index in [-0.39, 0.29) is 0 Å². The molecule has 0 aliphatic rings. The van der Waals surface area contributed by atoms with Gasteiger partial charge in [0, 0.05) is 29.7 Å². The maximum Gasteiger partial charge on any atom is 0.126 e. The molecule has 1 atom stereocenters. The molecule has 2 heterocycles. The molecule has 4 nitrogen and oxygen atoms in total. The van der Waals surface area contributed by atoms with Crippen molar-refractivity contribution >= 4 is 11.3 Å². The molecule has 0 aliphatic carbocycles. The highest BCUT2D eigenvalue weighted by atomic mass is 32.1. The molecular formula is C11H16N4S. The molecular weight excluding hydrogens is 220 g/mol. The van der Waals surface area contributed by atoms with Gasteiger partial charge < -0.3 is 5.32 Å². The third kappa shape index (κ3) is 2.15. The van der Waals surface area contributed by atoms with Gasteiger partial charge in [-0.3, -0.25) is 4.68 Å². The molecule has 16 heavy (non-hydrogen) atoms. The largest absolute Gasteiger partial charge is 0.312 e. The van der Waals surface area contributed by atoms with Crippen molar-refractivity contribution in [3.8, 4) is 10.6 Å². The molecule has 0 radical (unpaired) electrons. The SMILES string of the molecule is CCn1cc(-c2nc(C(C)NC)cs2)cn1. The summed E-state index contributed by atoms with van der Waals surface area (Å²) in [6.45, 7) is 5.08. The van der Waals surface area contributed by atoms with Crippen molar-refractivity contribution in [3.63, 3.8) is 0 Å². The summed E-state index contributed by atoms with van der Waals surface area (Å²) in [6.07, 6.45) is 3.91. The Balaban J connectivity index is 2.24. The lowest BCUT2D eigenvalue weighted by atomic mass is 10.3. The highest BCUT2D eigenvalue weighted by molar-refractivity contribution is 7.13. The molecule has 0 bridgehead atoms. The Morgan fingerprint density at radius 1 is 1.56 bits per heavy atom. The Labute approximate surface area is 99.3 Å². The zero-order chi connectivity index (χ0) is 11.5. The molecule has 86 valence electrons. The Hall–Kier alpha value is -1.20. The van der Waals surface area contributed by atoms with E-state index in [2.05, 4.69) is 34.6 Å². The average molecular weight is 236 g/mol. The number of nitrogens with zero attached hydrogens (tertiary/aromatic N) is 3. The summed E-state index contributed by atoms with van der Waals surface area (Å²) in [5, 5.41) is 10.6. The van der Waals surface area contributed by atoms with Crippen molar-refractivity contribution < 1.29 is 0 Å². The molecule has 2 rings (SSSR count). The summed E-state index contributed by atoms with van der Waals surface area (Å²) in [5.74, 6) is 0. The Kier molecular flexibility index (Phi) is 3.36. The lowest BCUT2D eigenvalue weighted by Crippen LogP contribution is -2.12. The van der Waals surface area contributed by atoms with Crippen molar-refractivity contribution in [1.82, 2.24) is 20.1 Å². The van der Waals surface area contributed by atoms with Crippen LogP contribution >= 0.6 is 11.3 Å². The van der Waals surface area contributed by atoms with Crippen LogP contribution in [-0.4, -0.2) is 21.8 Å². The Bertz CT molecular complexity index is 460. The smallest absolute Gasteiger partial charge is 0.126 e. The van der Waals surface area contributed by atoms with Crippen molar-refractivity contribution in [2.24, 2.45) is 0 Å². The standard InChI is InChI=1S/C11H16N4S/c1-4-15-6-9(5-13-15)11-14-10(7-16-11)8(2)12-3/h5-8,12H,4H2,1-3H3. The number of aromatic nitrogens is 3. The van der Waals surface area contributed by atoms with Gasteiger partial charge in [-0.2, -0.15) is 5.10 Å². The van der Waals surface area contributed by atoms with Gasteiger partial charge >= 0.3 is 0 Å². The summed E-state index contributed by atoms with van der Waals surface area (Å²) >= 11 is 1.67. The van der Waals surface area contributed by atoms with Gasteiger partial charge in [0.05, 0.1) is 11.9 Å². The van der Waals surface area contributed by atoms with Crippen LogP contribution < -0.4 is 5.32 Å². The lowest BCUT2D eigenvalue weighted by Gasteiger charge is -2.04. The number of rotatable bonds is 4. The Morgan fingerprint density at radius 3 is 3.00 bits per heavy atom. The minimum absolute atomic E-state index is 0.297. The monoisotopic (exact) mass is 236 g/mol. The summed E-state index contributed by atoms with van der Waals surface area (Å²) in [7, 11) is 1.94. The van der Waals surface area contributed by atoms with Gasteiger partial charge in [-0.05, 0) is 20.9 Å². The predicted octanol–water partition coefficient (Wildman–Crippen LogP) is 2.31. The number of hydrogen-bond acceptors (Lipinski definition) is 4. The summed E-state index contributed by atoms with van der Waals surface area (Å²) in [5.41, 5.74) is 2.19. The molecule has 0 saturated heterocycles. The fourth-order valence-corrected chi connectivity index (χ4v) is 2.30. The van der Waals surface area contributed by atoms with Gasteiger partial charge in [-0.15, -0.1) is 11.3 Å². The van der Waals surface area contributed by atoms with Crippen LogP contribution in [-0.2, 0) is 6.54 Å². The molecule has 0 fully saturated rings. The maximum atomic E-state index is 4.60. The number of aryl methyl sites for hydroxylation is 1. The highest BCUT2D eigenvalue weighted by Crippen LogP contribution is 2.25. The van der Waals surface area contributed by atoms with E-state index in [0.29, 0.717) is 6.04 Å². The van der Waals surface area contributed by atoms with Gasteiger partial charge in [0.2, 0.25) is 0 Å². The minimum Gasteiger partial charge on any atom is -0.312 e. The number of hydrogen-bond donors (Lipinski definition) is 1. The molecule has 2 aromatic rings. The first-order chi connectivity index (χ1) is 7.74. The number of thiazole rings is 1. The van der Waals surface area contributed by atoms with Crippen LogP contribution in [0.15, 0.2) is 17.8 Å². The third-order valence-electron chi connectivity index (χ3n) is 2.60. The van der Waals surface area contributed by atoms with Crippen LogP contribution in [0, 0.1) is 0 Å². The summed E-state index contributed by atoms with van der Waals surface area (Å²) in [4.78, 5) is 4.60. The fourth-order valence-electron chi connectivity index (χ4n) is 1.41. The topological polar surface area (TPSA) is 42.7 Å². The molecule has 0 spiro atoms. The van der Waals surface area contributed by atoms with Crippen LogP contribution in [0.2, 0.25) is 0 Å². The molecule has 5 heteroatoms. The van der Waals surface area contributed by atoms with Crippen LogP contribution in [0.1, 0.15) is 25.6 Å². The summed E-state index contributed by atoms with van der Waals surface area (Å²) < 4.78 is 1.91. The maximum absolute atomic E-state index is 4.60. The molecule has 0 amide bonds.